The van der Waals surface area contributed by atoms with Crippen molar-refractivity contribution < 1.29 is 38.2 Å². The Morgan fingerprint density at radius 3 is 2.17 bits per heavy atom. The molecule has 0 unspecified atom stereocenters. The molecule has 2 N–H and O–H groups in total. The molecule has 1 aromatic carbocycles. The van der Waals surface area contributed by atoms with Crippen molar-refractivity contribution in [2.24, 2.45) is 35.3 Å². The third kappa shape index (κ3) is 9.88. The number of hydrogen-bond acceptors (Lipinski definition) is 9. The topological polar surface area (TPSA) is 146 Å². The smallest absolute Gasteiger partial charge is 0.309 e. The number of fused-ring (bicyclic) bond motifs is 1. The lowest BCUT2D eigenvalue weighted by atomic mass is 9.68. The van der Waals surface area contributed by atoms with Crippen molar-refractivity contribution in [1.82, 2.24) is 9.80 Å². The minimum absolute atomic E-state index is 0.00899. The highest BCUT2D eigenvalue weighted by Gasteiger charge is 2.45. The minimum Gasteiger partial charge on any atom is -0.469 e. The van der Waals surface area contributed by atoms with Gasteiger partial charge in [0.15, 0.2) is 5.78 Å². The lowest BCUT2D eigenvalue weighted by Crippen LogP contribution is -2.54. The van der Waals surface area contributed by atoms with Crippen LogP contribution in [0.1, 0.15) is 104 Å². The lowest BCUT2D eigenvalue weighted by molar-refractivity contribution is -0.150. The molecule has 0 spiro atoms. The Kier molecular flexibility index (Phi) is 15.6. The summed E-state index contributed by atoms with van der Waals surface area (Å²) < 4.78 is 17.1. The molecule has 1 fully saturated rings. The van der Waals surface area contributed by atoms with E-state index in [2.05, 4.69) is 0 Å². The quantitative estimate of drug-likeness (QED) is 0.184. The molecule has 1 heterocycles. The monoisotopic (exact) mass is 727 g/mol. The van der Waals surface area contributed by atoms with Crippen molar-refractivity contribution in [3.63, 3.8) is 0 Å². The molecule has 2 amide bonds. The number of Topliss-reactive ketones (excluding diaryl/α,β-unsaturated/α-hetero) is 2. The number of hydrogen-bond donors (Lipinski definition) is 1. The fourth-order valence-corrected chi connectivity index (χ4v) is 8.27. The van der Waals surface area contributed by atoms with E-state index in [9.17, 15) is 24.0 Å². The molecule has 11 heteroatoms. The van der Waals surface area contributed by atoms with E-state index >= 15 is 0 Å². The summed E-state index contributed by atoms with van der Waals surface area (Å²) in [4.78, 5) is 71.4. The van der Waals surface area contributed by atoms with Gasteiger partial charge in [-0.05, 0) is 56.1 Å². The van der Waals surface area contributed by atoms with E-state index in [1.807, 2.05) is 58.9 Å². The second-order valence-electron chi connectivity index (χ2n) is 16.1. The van der Waals surface area contributed by atoms with Crippen molar-refractivity contribution in [2.75, 3.05) is 34.9 Å². The first kappa shape index (κ1) is 43.3. The molecule has 0 bridgehead atoms. The van der Waals surface area contributed by atoms with Gasteiger partial charge in [0.2, 0.25) is 11.8 Å². The second kappa shape index (κ2) is 18.7. The first-order valence-electron chi connectivity index (χ1n) is 19.0. The van der Waals surface area contributed by atoms with Crippen LogP contribution in [0.25, 0.3) is 0 Å². The average Bonchev–Trinajstić information content (AvgIpc) is 3.58. The van der Waals surface area contributed by atoms with Crippen molar-refractivity contribution in [3.05, 3.63) is 35.4 Å². The predicted octanol–water partition coefficient (Wildman–Crippen LogP) is 4.96. The second-order valence-corrected chi connectivity index (χ2v) is 16.1. The molecular formula is C41H65N3O8. The Labute approximate surface area is 311 Å². The zero-order valence-electron chi connectivity index (χ0n) is 33.5. The normalized spacial score (nSPS) is 21.2. The molecule has 0 aromatic heterocycles. The number of nitrogens with two attached hydrogens (primary N) is 1. The Balaban J connectivity index is 1.78. The van der Waals surface area contributed by atoms with E-state index in [0.29, 0.717) is 13.0 Å². The van der Waals surface area contributed by atoms with Crippen LogP contribution in [0.5, 0.6) is 0 Å². The van der Waals surface area contributed by atoms with Crippen LogP contribution in [-0.4, -0.2) is 104 Å². The van der Waals surface area contributed by atoms with Gasteiger partial charge in [-0.25, -0.2) is 0 Å². The van der Waals surface area contributed by atoms with Crippen LogP contribution in [0.3, 0.4) is 0 Å². The maximum atomic E-state index is 14.2. The number of rotatable bonds is 20. The van der Waals surface area contributed by atoms with E-state index in [-0.39, 0.29) is 66.4 Å². The molecule has 52 heavy (non-hydrogen) atoms. The molecule has 1 aliphatic carbocycles. The summed E-state index contributed by atoms with van der Waals surface area (Å²) >= 11 is 0. The van der Waals surface area contributed by atoms with Gasteiger partial charge in [0.05, 0.1) is 49.3 Å². The van der Waals surface area contributed by atoms with Gasteiger partial charge < -0.3 is 29.7 Å². The van der Waals surface area contributed by atoms with Crippen LogP contribution in [0.4, 0.5) is 0 Å². The van der Waals surface area contributed by atoms with Gasteiger partial charge in [0, 0.05) is 58.4 Å². The first-order chi connectivity index (χ1) is 24.4. The highest BCUT2D eigenvalue weighted by atomic mass is 16.5. The molecule has 1 aliphatic heterocycles. The van der Waals surface area contributed by atoms with Crippen molar-refractivity contribution in [3.8, 4) is 0 Å². The summed E-state index contributed by atoms with van der Waals surface area (Å²) in [5.41, 5.74) is 7.30. The third-order valence-corrected chi connectivity index (χ3v) is 11.9. The van der Waals surface area contributed by atoms with Crippen LogP contribution in [0.15, 0.2) is 24.3 Å². The van der Waals surface area contributed by atoms with Crippen molar-refractivity contribution in [1.29, 1.82) is 0 Å². The Morgan fingerprint density at radius 1 is 0.981 bits per heavy atom. The average molecular weight is 728 g/mol. The van der Waals surface area contributed by atoms with Crippen LogP contribution < -0.4 is 5.73 Å². The molecule has 9 atom stereocenters. The van der Waals surface area contributed by atoms with Crippen molar-refractivity contribution >= 4 is 29.4 Å². The highest BCUT2D eigenvalue weighted by molar-refractivity contribution is 5.92. The first-order valence-corrected chi connectivity index (χ1v) is 19.0. The zero-order valence-corrected chi connectivity index (χ0v) is 33.5. The molecule has 11 nitrogen and oxygen atoms in total. The van der Waals surface area contributed by atoms with E-state index < -0.39 is 47.5 Å². The number of ether oxygens (including phenoxy) is 3. The van der Waals surface area contributed by atoms with Crippen LogP contribution >= 0.6 is 0 Å². The maximum Gasteiger partial charge on any atom is 0.309 e. The standard InChI is InChI=1S/C41H65N3O8/c1-12-25(4)37(43(8)39(48)29(24(2)3)22-35(46)41(6,7)42)34(50-9)23-36(47)44-19-15-18-32(44)38(51-10)26(5)33(45)21-31(40(49)52-11)30-20-27-16-13-14-17-28(27)30/h13-14,16-17,24-26,29-32,34,37-38H,12,15,18-23,42H2,1-11H3/t25-,26-,29-,30+,31-,32-,34+,37-,38+/m0/s1. The maximum absolute atomic E-state index is 14.2. The number of likely N-dealkylation sites (tertiary alicyclic amines) is 1. The third-order valence-electron chi connectivity index (χ3n) is 11.9. The fraction of sp³-hybridized carbons (Fsp3) is 0.732. The summed E-state index contributed by atoms with van der Waals surface area (Å²) in [7, 11) is 6.21. The summed E-state index contributed by atoms with van der Waals surface area (Å²) in [5.74, 6) is -2.91. The highest BCUT2D eigenvalue weighted by Crippen LogP contribution is 2.43. The molecule has 2 aliphatic rings. The minimum atomic E-state index is -1.05. The van der Waals surface area contributed by atoms with E-state index in [0.717, 1.165) is 24.8 Å². The number of carbonyl (C=O) groups excluding carboxylic acids is 5. The number of amides is 2. The Morgan fingerprint density at radius 2 is 1.63 bits per heavy atom. The summed E-state index contributed by atoms with van der Waals surface area (Å²) in [6, 6.07) is 7.20. The molecule has 0 saturated carbocycles. The van der Waals surface area contributed by atoms with Gasteiger partial charge in [0.25, 0.3) is 0 Å². The fourth-order valence-electron chi connectivity index (χ4n) is 8.27. The SMILES string of the molecule is CC[C@H](C)[C@@H]([C@@H](CC(=O)N1CCC[C@H]1[C@H](OC)[C@@H](C)C(=O)C[C@H](C(=O)OC)[C@@H]1Cc2ccccc21)OC)N(C)C(=O)[C@@H](CC(=O)C(C)(C)N)C(C)C. The molecule has 0 radical (unpaired) electrons. The van der Waals surface area contributed by atoms with E-state index in [4.69, 9.17) is 19.9 Å². The van der Waals surface area contributed by atoms with Gasteiger partial charge >= 0.3 is 5.97 Å². The Hall–Kier alpha value is -3.15. The molecule has 1 saturated heterocycles. The molecule has 1 aromatic rings. The Bertz CT molecular complexity index is 1410. The number of likely N-dealkylation sites (N-methyl/N-ethyl adjacent to an activating group) is 1. The van der Waals surface area contributed by atoms with Gasteiger partial charge in [-0.2, -0.15) is 0 Å². The summed E-state index contributed by atoms with van der Waals surface area (Å²) in [5, 5.41) is 0. The van der Waals surface area contributed by atoms with Gasteiger partial charge in [0.1, 0.15) is 5.78 Å². The van der Waals surface area contributed by atoms with Gasteiger partial charge in [-0.15, -0.1) is 0 Å². The predicted molar refractivity (Wildman–Crippen MR) is 200 cm³/mol. The lowest BCUT2D eigenvalue weighted by Gasteiger charge is -2.41. The van der Waals surface area contributed by atoms with Crippen LogP contribution in [0, 0.1) is 29.6 Å². The molecule has 292 valence electrons. The van der Waals surface area contributed by atoms with Crippen LogP contribution in [-0.2, 0) is 44.6 Å². The number of nitrogens with zero attached hydrogens (tertiary/aromatic N) is 2. The van der Waals surface area contributed by atoms with E-state index in [1.54, 1.807) is 44.9 Å². The van der Waals surface area contributed by atoms with Crippen LogP contribution in [0.2, 0.25) is 0 Å². The molecular weight excluding hydrogens is 662 g/mol. The number of esters is 1. The molecule has 3 rings (SSSR count). The number of ketones is 2. The van der Waals surface area contributed by atoms with E-state index in [1.165, 1.54) is 12.7 Å². The van der Waals surface area contributed by atoms with Gasteiger partial charge in [-0.3, -0.25) is 24.0 Å². The number of carbonyl (C=O) groups is 5. The zero-order chi connectivity index (χ0) is 39.1. The van der Waals surface area contributed by atoms with Gasteiger partial charge in [-0.1, -0.05) is 65.3 Å². The largest absolute Gasteiger partial charge is 0.469 e. The summed E-state index contributed by atoms with van der Waals surface area (Å²) in [6.45, 7) is 13.6. The summed E-state index contributed by atoms with van der Waals surface area (Å²) in [6.07, 6.45) is 1.81. The number of benzene rings is 1. The number of methoxy groups -OCH3 is 3. The van der Waals surface area contributed by atoms with Crippen molar-refractivity contribution in [2.45, 2.75) is 129 Å².